The molecule has 0 bridgehead atoms. The zero-order valence-electron chi connectivity index (χ0n) is 17.8. The highest BCUT2D eigenvalue weighted by molar-refractivity contribution is 5.95. The van der Waals surface area contributed by atoms with Gasteiger partial charge in [0.2, 0.25) is 0 Å². The molecule has 0 radical (unpaired) electrons. The zero-order chi connectivity index (χ0) is 21.9. The van der Waals surface area contributed by atoms with E-state index in [1.54, 1.807) is 6.20 Å². The number of fused-ring (bicyclic) bond motifs is 6. The van der Waals surface area contributed by atoms with Gasteiger partial charge in [-0.05, 0) is 42.8 Å². The molecular weight excluding hydrogens is 400 g/mol. The number of para-hydroxylation sites is 2. The van der Waals surface area contributed by atoms with Crippen LogP contribution in [0.25, 0.3) is 33.2 Å². The Labute approximate surface area is 186 Å². The minimum atomic E-state index is -0.236. The van der Waals surface area contributed by atoms with Gasteiger partial charge in [-0.3, -0.25) is 9.78 Å². The highest BCUT2D eigenvalue weighted by atomic mass is 16.5. The Bertz CT molecular complexity index is 1360. The predicted molar refractivity (Wildman–Crippen MR) is 126 cm³/mol. The first-order chi connectivity index (χ1) is 15.8. The number of ether oxygens (including phenoxy) is 1. The lowest BCUT2D eigenvalue weighted by Crippen LogP contribution is -2.26. The quantitative estimate of drug-likeness (QED) is 0.392. The van der Waals surface area contributed by atoms with Crippen LogP contribution in [0.5, 0.6) is 0 Å². The lowest BCUT2D eigenvalue weighted by Gasteiger charge is -2.12. The molecule has 32 heavy (non-hydrogen) atoms. The van der Waals surface area contributed by atoms with Crippen LogP contribution in [0.1, 0.15) is 17.2 Å². The molecule has 6 heteroatoms. The molecular formula is C26H24N4O2. The Morgan fingerprint density at radius 3 is 2.66 bits per heavy atom. The second-order valence-electron chi connectivity index (χ2n) is 7.79. The third kappa shape index (κ3) is 3.69. The van der Waals surface area contributed by atoms with Crippen molar-refractivity contribution in [3.63, 3.8) is 0 Å². The van der Waals surface area contributed by atoms with Gasteiger partial charge in [-0.25, -0.2) is 4.98 Å². The zero-order valence-corrected chi connectivity index (χ0v) is 17.8. The number of hydrogen-bond donors (Lipinski definition) is 2. The molecule has 6 nitrogen and oxygen atoms in total. The number of carbonyl (C=O) groups excluding carboxylic acids is 1. The van der Waals surface area contributed by atoms with Crippen LogP contribution in [0.2, 0.25) is 0 Å². The van der Waals surface area contributed by atoms with E-state index in [9.17, 15) is 4.79 Å². The van der Waals surface area contributed by atoms with Crippen molar-refractivity contribution in [2.24, 2.45) is 0 Å². The molecule has 1 unspecified atom stereocenters. The van der Waals surface area contributed by atoms with Gasteiger partial charge >= 0.3 is 5.97 Å². The summed E-state index contributed by atoms with van der Waals surface area (Å²) in [6.45, 7) is 1.52. The fourth-order valence-corrected chi connectivity index (χ4v) is 4.35. The smallest absolute Gasteiger partial charge is 0.315 e. The summed E-state index contributed by atoms with van der Waals surface area (Å²) in [5.74, 6) is -0.419. The van der Waals surface area contributed by atoms with E-state index in [0.29, 0.717) is 6.54 Å². The molecule has 4 heterocycles. The summed E-state index contributed by atoms with van der Waals surface area (Å²) < 4.78 is 4.90. The molecule has 1 atom stereocenters. The maximum Gasteiger partial charge on any atom is 0.315 e. The first kappa shape index (κ1) is 20.2. The maximum atomic E-state index is 11.9. The largest absolute Gasteiger partial charge is 0.468 e. The van der Waals surface area contributed by atoms with E-state index in [4.69, 9.17) is 4.74 Å². The Morgan fingerprint density at radius 2 is 1.78 bits per heavy atom. The van der Waals surface area contributed by atoms with Gasteiger partial charge in [0.15, 0.2) is 0 Å². The van der Waals surface area contributed by atoms with E-state index in [1.807, 2.05) is 54.6 Å². The monoisotopic (exact) mass is 424 g/mol. The number of H-pyrrole nitrogens is 1. The number of aromatic nitrogens is 3. The number of methoxy groups -OCH3 is 1. The molecule has 0 aliphatic carbocycles. The molecule has 0 saturated carbocycles. The lowest BCUT2D eigenvalue weighted by atomic mass is 10.00. The van der Waals surface area contributed by atoms with Gasteiger partial charge in [0.1, 0.15) is 5.92 Å². The predicted octanol–water partition coefficient (Wildman–Crippen LogP) is 4.30. The van der Waals surface area contributed by atoms with E-state index < -0.39 is 0 Å². The van der Waals surface area contributed by atoms with Gasteiger partial charge < -0.3 is 15.0 Å². The summed E-state index contributed by atoms with van der Waals surface area (Å²) in [6, 6.07) is 22.1. The van der Waals surface area contributed by atoms with Gasteiger partial charge in [0, 0.05) is 34.7 Å². The topological polar surface area (TPSA) is 79.9 Å². The number of rotatable bonds is 1. The standard InChI is InChI=1S/C14H16N2O2.C12H8N2/c1-18-14(17)11-8-15-7-6-10-9-4-2-3-5-12(9)16-13(10)11;1-2-6-10-9(5-1)12-11(14-10)7-3-4-8-13-12/h2-5,11,15-16H,6-8H2,1H3;1-8H. The molecule has 2 N–H and O–H groups in total. The molecule has 160 valence electrons. The van der Waals surface area contributed by atoms with Crippen molar-refractivity contribution in [1.29, 1.82) is 0 Å². The summed E-state index contributed by atoms with van der Waals surface area (Å²) in [5.41, 5.74) is 6.29. The van der Waals surface area contributed by atoms with Crippen molar-refractivity contribution in [3.05, 3.63) is 84.2 Å². The van der Waals surface area contributed by atoms with Crippen molar-refractivity contribution >= 4 is 27.8 Å². The second kappa shape index (κ2) is 8.77. The van der Waals surface area contributed by atoms with Crippen LogP contribution in [0.3, 0.4) is 0 Å². The van der Waals surface area contributed by atoms with E-state index in [1.165, 1.54) is 18.1 Å². The Morgan fingerprint density at radius 1 is 1.00 bits per heavy atom. The minimum Gasteiger partial charge on any atom is -0.468 e. The maximum absolute atomic E-state index is 11.9. The van der Waals surface area contributed by atoms with E-state index in [-0.39, 0.29) is 11.9 Å². The highest BCUT2D eigenvalue weighted by Crippen LogP contribution is 2.30. The van der Waals surface area contributed by atoms with Gasteiger partial charge in [-0.1, -0.05) is 42.5 Å². The van der Waals surface area contributed by atoms with Crippen molar-refractivity contribution < 1.29 is 9.53 Å². The Balaban J connectivity index is 0.000000139. The van der Waals surface area contributed by atoms with E-state index in [2.05, 4.69) is 32.4 Å². The molecule has 3 aliphatic heterocycles. The molecule has 0 fully saturated rings. The fourth-order valence-electron chi connectivity index (χ4n) is 4.35. The average molecular weight is 425 g/mol. The highest BCUT2D eigenvalue weighted by Gasteiger charge is 2.28. The van der Waals surface area contributed by atoms with Crippen molar-refractivity contribution in [2.45, 2.75) is 12.3 Å². The molecule has 0 spiro atoms. The number of hydrogen-bond acceptors (Lipinski definition) is 5. The third-order valence-electron chi connectivity index (χ3n) is 5.88. The third-order valence-corrected chi connectivity index (χ3v) is 5.88. The number of benzene rings is 2. The summed E-state index contributed by atoms with van der Waals surface area (Å²) in [4.78, 5) is 24.1. The van der Waals surface area contributed by atoms with Crippen LogP contribution >= 0.6 is 0 Å². The van der Waals surface area contributed by atoms with Crippen LogP contribution in [0, 0.1) is 0 Å². The number of carbonyl (C=O) groups is 1. The summed E-state index contributed by atoms with van der Waals surface area (Å²) in [6.07, 6.45) is 2.74. The Kier molecular flexibility index (Phi) is 5.52. The van der Waals surface area contributed by atoms with Gasteiger partial charge in [-0.15, -0.1) is 0 Å². The molecule has 6 rings (SSSR count). The van der Waals surface area contributed by atoms with Gasteiger partial charge in [0.25, 0.3) is 0 Å². The second-order valence-corrected chi connectivity index (χ2v) is 7.79. The van der Waals surface area contributed by atoms with Crippen LogP contribution in [-0.4, -0.2) is 41.1 Å². The number of aromatic amines is 1. The van der Waals surface area contributed by atoms with E-state index in [0.717, 1.165) is 46.5 Å². The van der Waals surface area contributed by atoms with Crippen LogP contribution < -0.4 is 5.32 Å². The van der Waals surface area contributed by atoms with E-state index >= 15 is 0 Å². The molecule has 0 saturated heterocycles. The fraction of sp³-hybridized carbons (Fsp3) is 0.192. The minimum absolute atomic E-state index is 0.183. The number of nitrogens with one attached hydrogen (secondary N) is 2. The molecule has 3 aromatic rings. The van der Waals surface area contributed by atoms with Crippen molar-refractivity contribution in [2.75, 3.05) is 20.2 Å². The summed E-state index contributed by atoms with van der Waals surface area (Å²) in [5, 5.41) is 5.63. The summed E-state index contributed by atoms with van der Waals surface area (Å²) >= 11 is 0. The molecule has 1 aromatic heterocycles. The average Bonchev–Trinajstić information content (AvgIpc) is 3.17. The molecule has 2 aromatic carbocycles. The molecule has 0 amide bonds. The first-order valence-electron chi connectivity index (χ1n) is 10.7. The van der Waals surface area contributed by atoms with Crippen molar-refractivity contribution in [1.82, 2.24) is 20.3 Å². The van der Waals surface area contributed by atoms with Crippen molar-refractivity contribution in [3.8, 4) is 11.4 Å². The first-order valence-corrected chi connectivity index (χ1v) is 10.7. The Hall–Kier alpha value is -3.77. The van der Waals surface area contributed by atoms with Gasteiger partial charge in [0.05, 0.1) is 24.0 Å². The van der Waals surface area contributed by atoms with Gasteiger partial charge in [-0.2, -0.15) is 0 Å². The van der Waals surface area contributed by atoms with Crippen LogP contribution in [0.4, 0.5) is 0 Å². The van der Waals surface area contributed by atoms with Crippen LogP contribution in [0.15, 0.2) is 72.9 Å². The normalized spacial score (nSPS) is 15.6. The number of esters is 1. The molecule has 3 aliphatic rings. The van der Waals surface area contributed by atoms with Crippen LogP contribution in [-0.2, 0) is 16.0 Å². The SMILES string of the molecule is COC(=O)C1CNCCc2c1[nH]c1ccccc21.c1ccc2nc3ccccc3c-2nc1. The number of nitrogens with zero attached hydrogens (tertiary/aromatic N) is 2. The lowest BCUT2D eigenvalue weighted by molar-refractivity contribution is -0.142. The summed E-state index contributed by atoms with van der Waals surface area (Å²) in [7, 11) is 1.44.